The lowest BCUT2D eigenvalue weighted by atomic mass is 9.83. The number of ether oxygens (including phenoxy) is 3. The number of amides is 3. The Morgan fingerprint density at radius 2 is 1.59 bits per heavy atom. The lowest BCUT2D eigenvalue weighted by Crippen LogP contribution is -2.61. The first-order valence-electron chi connectivity index (χ1n) is 16.4. The monoisotopic (exact) mass is 783 g/mol. The minimum absolute atomic E-state index is 0. The van der Waals surface area contributed by atoms with Crippen LogP contribution in [0.1, 0.15) is 30.9 Å². The molecule has 2 saturated heterocycles. The standard InChI is InChI=1S/C35H42ClN5O7S.2ClH/c1-5-48-30-9-7-6-8-27(30)35(37-34(43)40-20-18-39(19-21-40)25-14-16-38(2)17-15-25)28-22-24(36)10-12-29(28)41(33(35)42)49(44,45)32-13-11-26(46-3)23-31(32)47-4;;/h6-13,22-23,25H,5,14-21H2,1-4H3,(H,37,43);2*1H. The summed E-state index contributed by atoms with van der Waals surface area (Å²) in [5.41, 5.74) is -1.48. The van der Waals surface area contributed by atoms with Crippen molar-refractivity contribution in [1.29, 1.82) is 0 Å². The van der Waals surface area contributed by atoms with Gasteiger partial charge in [0, 0.05) is 54.4 Å². The Balaban J connectivity index is 0.00000292. The van der Waals surface area contributed by atoms with E-state index in [2.05, 4.69) is 22.2 Å². The van der Waals surface area contributed by atoms with E-state index in [0.717, 1.165) is 30.2 Å². The van der Waals surface area contributed by atoms with Crippen molar-refractivity contribution in [1.82, 2.24) is 20.0 Å². The van der Waals surface area contributed by atoms with Crippen LogP contribution in [0, 0.1) is 0 Å². The summed E-state index contributed by atoms with van der Waals surface area (Å²) >= 11 is 6.55. The first kappa shape index (κ1) is 40.3. The number of nitrogens with one attached hydrogen (secondary N) is 1. The van der Waals surface area contributed by atoms with E-state index in [-0.39, 0.29) is 63.9 Å². The van der Waals surface area contributed by atoms with Crippen molar-refractivity contribution in [2.45, 2.75) is 36.2 Å². The van der Waals surface area contributed by atoms with E-state index < -0.39 is 27.5 Å². The molecule has 1 N–H and O–H groups in total. The molecule has 0 aromatic heterocycles. The molecule has 3 aromatic carbocycles. The summed E-state index contributed by atoms with van der Waals surface area (Å²) in [5, 5.41) is 3.28. The number of methoxy groups -OCH3 is 2. The predicted octanol–water partition coefficient (Wildman–Crippen LogP) is 5.00. The van der Waals surface area contributed by atoms with Crippen LogP contribution in [0.2, 0.25) is 5.02 Å². The van der Waals surface area contributed by atoms with Gasteiger partial charge < -0.3 is 29.3 Å². The molecule has 3 heterocycles. The SMILES string of the molecule is CCOc1ccccc1C1(NC(=O)N2CCN(C3CCN(C)CC3)CC2)C(=O)N(S(=O)(=O)c2ccc(OC)cc2OC)c2ccc(Cl)cc21.Cl.Cl. The number of anilines is 1. The number of hydrogen-bond acceptors (Lipinski definition) is 9. The molecule has 3 aromatic rings. The maximum Gasteiger partial charge on any atom is 0.318 e. The van der Waals surface area contributed by atoms with Crippen LogP contribution in [0.25, 0.3) is 0 Å². The summed E-state index contributed by atoms with van der Waals surface area (Å²) in [6.07, 6.45) is 2.16. The quantitative estimate of drug-likeness (QED) is 0.320. The van der Waals surface area contributed by atoms with Crippen molar-refractivity contribution in [3.8, 4) is 17.2 Å². The van der Waals surface area contributed by atoms with Gasteiger partial charge in [-0.1, -0.05) is 29.8 Å². The number of likely N-dealkylation sites (tertiary alicyclic amines) is 1. The van der Waals surface area contributed by atoms with E-state index >= 15 is 4.79 Å². The normalized spacial score (nSPS) is 19.8. The highest BCUT2D eigenvalue weighted by Gasteiger charge is 2.59. The highest BCUT2D eigenvalue weighted by molar-refractivity contribution is 7.93. The molecule has 2 fully saturated rings. The van der Waals surface area contributed by atoms with Gasteiger partial charge in [0.25, 0.3) is 15.9 Å². The molecular weight excluding hydrogens is 741 g/mol. The van der Waals surface area contributed by atoms with Crippen LogP contribution < -0.4 is 23.8 Å². The molecule has 0 radical (unpaired) electrons. The Hall–Kier alpha value is -3.46. The van der Waals surface area contributed by atoms with Gasteiger partial charge in [0.1, 0.15) is 22.1 Å². The van der Waals surface area contributed by atoms with Crippen LogP contribution in [-0.2, 0) is 20.4 Å². The maximum absolute atomic E-state index is 15.1. The fourth-order valence-corrected chi connectivity index (χ4v) is 8.86. The summed E-state index contributed by atoms with van der Waals surface area (Å²) in [5.74, 6) is -0.230. The molecule has 0 spiro atoms. The zero-order valence-corrected chi connectivity index (χ0v) is 32.2. The predicted molar refractivity (Wildman–Crippen MR) is 201 cm³/mol. The van der Waals surface area contributed by atoms with Gasteiger partial charge in [-0.2, -0.15) is 4.31 Å². The summed E-state index contributed by atoms with van der Waals surface area (Å²) < 4.78 is 46.6. The lowest BCUT2D eigenvalue weighted by molar-refractivity contribution is -0.121. The van der Waals surface area contributed by atoms with E-state index in [1.807, 2.05) is 0 Å². The molecule has 3 aliphatic rings. The number of halogens is 3. The summed E-state index contributed by atoms with van der Waals surface area (Å²) in [6.45, 7) is 6.43. The van der Waals surface area contributed by atoms with Gasteiger partial charge >= 0.3 is 6.03 Å². The van der Waals surface area contributed by atoms with Crippen LogP contribution in [0.4, 0.5) is 10.5 Å². The van der Waals surface area contributed by atoms with Gasteiger partial charge in [-0.05, 0) is 76.3 Å². The van der Waals surface area contributed by atoms with Gasteiger partial charge in [0.2, 0.25) is 0 Å². The Kier molecular flexibility index (Phi) is 13.0. The Labute approximate surface area is 316 Å². The number of benzene rings is 3. The molecule has 0 aliphatic carbocycles. The van der Waals surface area contributed by atoms with Gasteiger partial charge in [0.15, 0.2) is 5.54 Å². The average molecular weight is 785 g/mol. The lowest BCUT2D eigenvalue weighted by Gasteiger charge is -2.43. The van der Waals surface area contributed by atoms with Crippen molar-refractivity contribution in [2.75, 3.05) is 71.4 Å². The van der Waals surface area contributed by atoms with E-state index in [9.17, 15) is 13.2 Å². The molecule has 1 unspecified atom stereocenters. The number of urea groups is 1. The molecule has 0 bridgehead atoms. The third-order valence-electron chi connectivity index (χ3n) is 9.67. The van der Waals surface area contributed by atoms with E-state index in [1.165, 1.54) is 50.6 Å². The second-order valence-electron chi connectivity index (χ2n) is 12.4. The maximum atomic E-state index is 15.1. The smallest absolute Gasteiger partial charge is 0.318 e. The molecule has 51 heavy (non-hydrogen) atoms. The summed E-state index contributed by atoms with van der Waals surface area (Å²) in [4.78, 5) is 35.7. The first-order valence-corrected chi connectivity index (χ1v) is 18.2. The van der Waals surface area contributed by atoms with Gasteiger partial charge in [0.05, 0.1) is 26.5 Å². The minimum Gasteiger partial charge on any atom is -0.497 e. The number of fused-ring (bicyclic) bond motifs is 1. The first-order chi connectivity index (χ1) is 23.5. The number of piperazine rings is 1. The second kappa shape index (κ2) is 16.5. The van der Waals surface area contributed by atoms with Crippen molar-refractivity contribution < 1.29 is 32.2 Å². The topological polar surface area (TPSA) is 121 Å². The van der Waals surface area contributed by atoms with E-state index in [1.54, 1.807) is 36.1 Å². The number of nitrogens with zero attached hydrogens (tertiary/aromatic N) is 4. The third-order valence-corrected chi connectivity index (χ3v) is 11.6. The second-order valence-corrected chi connectivity index (χ2v) is 14.6. The van der Waals surface area contributed by atoms with E-state index in [0.29, 0.717) is 43.7 Å². The zero-order chi connectivity index (χ0) is 34.9. The molecular formula is C35H44Cl3N5O7S. The third kappa shape index (κ3) is 7.42. The number of piperidine rings is 1. The Morgan fingerprint density at radius 3 is 2.24 bits per heavy atom. The fourth-order valence-electron chi connectivity index (χ4n) is 7.08. The van der Waals surface area contributed by atoms with Gasteiger partial charge in [-0.3, -0.25) is 9.69 Å². The summed E-state index contributed by atoms with van der Waals surface area (Å²) in [7, 11) is 0.295. The molecule has 6 rings (SSSR count). The van der Waals surface area contributed by atoms with Gasteiger partial charge in [-0.15, -0.1) is 24.8 Å². The summed E-state index contributed by atoms with van der Waals surface area (Å²) in [6, 6.07) is 15.5. The average Bonchev–Trinajstić information content (AvgIpc) is 3.36. The number of rotatable bonds is 9. The Bertz CT molecular complexity index is 1840. The van der Waals surface area contributed by atoms with Crippen molar-refractivity contribution in [3.63, 3.8) is 0 Å². The largest absolute Gasteiger partial charge is 0.497 e. The number of carbonyl (C=O) groups is 2. The van der Waals surface area contributed by atoms with Crippen LogP contribution in [0.15, 0.2) is 65.6 Å². The number of hydrogen-bond donors (Lipinski definition) is 1. The molecule has 0 saturated carbocycles. The van der Waals surface area contributed by atoms with Crippen LogP contribution in [-0.4, -0.2) is 108 Å². The Morgan fingerprint density at radius 1 is 0.902 bits per heavy atom. The number of sulfonamides is 1. The van der Waals surface area contributed by atoms with Crippen LogP contribution >= 0.6 is 36.4 Å². The minimum atomic E-state index is -4.63. The van der Waals surface area contributed by atoms with Crippen LogP contribution in [0.3, 0.4) is 0 Å². The van der Waals surface area contributed by atoms with Crippen molar-refractivity contribution in [3.05, 3.63) is 76.8 Å². The molecule has 12 nitrogen and oxygen atoms in total. The molecule has 278 valence electrons. The molecule has 1 atom stereocenters. The fraction of sp³-hybridized carbons (Fsp3) is 0.429. The molecule has 16 heteroatoms. The highest BCUT2D eigenvalue weighted by atomic mass is 35.5. The zero-order valence-electron chi connectivity index (χ0n) is 29.0. The van der Waals surface area contributed by atoms with Crippen molar-refractivity contribution in [2.24, 2.45) is 0 Å². The number of para-hydroxylation sites is 1. The molecule has 3 amide bonds. The van der Waals surface area contributed by atoms with Crippen molar-refractivity contribution >= 4 is 64.1 Å². The highest BCUT2D eigenvalue weighted by Crippen LogP contribution is 2.50. The van der Waals surface area contributed by atoms with Crippen LogP contribution in [0.5, 0.6) is 17.2 Å². The molecule has 3 aliphatic heterocycles. The van der Waals surface area contributed by atoms with Gasteiger partial charge in [-0.25, -0.2) is 13.2 Å². The van der Waals surface area contributed by atoms with E-state index in [4.69, 9.17) is 25.8 Å². The number of carbonyl (C=O) groups excluding carboxylic acids is 2.